The minimum absolute atomic E-state index is 0.141. The van der Waals surface area contributed by atoms with E-state index in [1.54, 1.807) is 24.3 Å². The average molecular weight is 529 g/mol. The SMILES string of the molecule is O=C(CC1(c2ccc(OCc3ccc4ccccc4n3)cc2)CCCCC1)NS(=O)(=O)Cc1ccccc1. The fourth-order valence-electron chi connectivity index (χ4n) is 5.39. The molecule has 1 saturated carbocycles. The average Bonchev–Trinajstić information content (AvgIpc) is 2.92. The monoisotopic (exact) mass is 528 g/mol. The number of hydrogen-bond donors (Lipinski definition) is 1. The van der Waals surface area contributed by atoms with E-state index in [1.807, 2.05) is 66.7 Å². The molecule has 0 bridgehead atoms. The van der Waals surface area contributed by atoms with E-state index in [4.69, 9.17) is 4.74 Å². The maximum absolute atomic E-state index is 13.0. The minimum atomic E-state index is -3.77. The second kappa shape index (κ2) is 11.4. The van der Waals surface area contributed by atoms with Crippen LogP contribution in [0.2, 0.25) is 0 Å². The number of pyridine rings is 1. The van der Waals surface area contributed by atoms with E-state index < -0.39 is 15.9 Å². The zero-order valence-corrected chi connectivity index (χ0v) is 22.1. The third kappa shape index (κ3) is 6.40. The van der Waals surface area contributed by atoms with Crippen molar-refractivity contribution in [2.24, 2.45) is 0 Å². The molecule has 0 aliphatic heterocycles. The summed E-state index contributed by atoms with van der Waals surface area (Å²) in [4.78, 5) is 17.7. The van der Waals surface area contributed by atoms with Gasteiger partial charge in [0.2, 0.25) is 15.9 Å². The fraction of sp³-hybridized carbons (Fsp3) is 0.290. The van der Waals surface area contributed by atoms with Crippen LogP contribution in [0, 0.1) is 0 Å². The first-order valence-corrected chi connectivity index (χ1v) is 14.7. The Bertz CT molecular complexity index is 1500. The van der Waals surface area contributed by atoms with Crippen molar-refractivity contribution in [1.82, 2.24) is 9.71 Å². The van der Waals surface area contributed by atoms with Crippen LogP contribution in [0.15, 0.2) is 91.0 Å². The van der Waals surface area contributed by atoms with Gasteiger partial charge in [0, 0.05) is 17.2 Å². The van der Waals surface area contributed by atoms with Crippen LogP contribution >= 0.6 is 0 Å². The molecule has 38 heavy (non-hydrogen) atoms. The Morgan fingerprint density at radius 1 is 0.842 bits per heavy atom. The van der Waals surface area contributed by atoms with Gasteiger partial charge in [0.1, 0.15) is 12.4 Å². The van der Waals surface area contributed by atoms with E-state index in [9.17, 15) is 13.2 Å². The molecule has 0 spiro atoms. The van der Waals surface area contributed by atoms with E-state index in [-0.39, 0.29) is 17.6 Å². The van der Waals surface area contributed by atoms with Crippen molar-refractivity contribution in [3.8, 4) is 5.75 Å². The number of fused-ring (bicyclic) bond motifs is 1. The lowest BCUT2D eigenvalue weighted by molar-refractivity contribution is -0.120. The third-order valence-electron chi connectivity index (χ3n) is 7.29. The van der Waals surface area contributed by atoms with Crippen LogP contribution in [-0.2, 0) is 32.6 Å². The molecule has 0 radical (unpaired) electrons. The predicted molar refractivity (Wildman–Crippen MR) is 149 cm³/mol. The number of para-hydroxylation sites is 1. The Kier molecular flexibility index (Phi) is 7.74. The van der Waals surface area contributed by atoms with Gasteiger partial charge in [0.05, 0.1) is 17.0 Å². The highest BCUT2D eigenvalue weighted by Crippen LogP contribution is 2.42. The highest BCUT2D eigenvalue weighted by Gasteiger charge is 2.37. The Balaban J connectivity index is 1.25. The standard InChI is InChI=1S/C31H32N2O4S/c34-30(33-38(35,36)23-24-9-3-1-4-10-24)21-31(19-7-2-8-20-31)26-14-17-28(18-15-26)37-22-27-16-13-25-11-5-6-12-29(25)32-27/h1,3-6,9-18H,2,7-8,19-23H2,(H,33,34). The molecule has 196 valence electrons. The first-order valence-electron chi connectivity index (χ1n) is 13.1. The summed E-state index contributed by atoms with van der Waals surface area (Å²) in [6.07, 6.45) is 4.98. The van der Waals surface area contributed by atoms with Crippen molar-refractivity contribution < 1.29 is 17.9 Å². The van der Waals surface area contributed by atoms with Gasteiger partial charge in [0.15, 0.2) is 0 Å². The number of carbonyl (C=O) groups excluding carboxylic acids is 1. The first kappa shape index (κ1) is 25.9. The summed E-state index contributed by atoms with van der Waals surface area (Å²) in [5.74, 6) is 0.0557. The van der Waals surface area contributed by atoms with Gasteiger partial charge in [-0.1, -0.05) is 86.0 Å². The van der Waals surface area contributed by atoms with Crippen molar-refractivity contribution in [1.29, 1.82) is 0 Å². The van der Waals surface area contributed by atoms with E-state index in [2.05, 4.69) is 9.71 Å². The van der Waals surface area contributed by atoms with Crippen LogP contribution < -0.4 is 9.46 Å². The number of nitrogens with zero attached hydrogens (tertiary/aromatic N) is 1. The summed E-state index contributed by atoms with van der Waals surface area (Å²) >= 11 is 0. The molecule has 1 aliphatic carbocycles. The van der Waals surface area contributed by atoms with Crippen molar-refractivity contribution in [3.63, 3.8) is 0 Å². The molecule has 1 amide bonds. The fourth-order valence-corrected chi connectivity index (χ4v) is 6.52. The molecule has 5 rings (SSSR count). The lowest BCUT2D eigenvalue weighted by Crippen LogP contribution is -2.39. The number of ether oxygens (including phenoxy) is 1. The Morgan fingerprint density at radius 2 is 1.55 bits per heavy atom. The maximum atomic E-state index is 13.0. The normalized spacial score (nSPS) is 15.2. The Morgan fingerprint density at radius 3 is 2.32 bits per heavy atom. The number of amides is 1. The number of carbonyl (C=O) groups is 1. The van der Waals surface area contributed by atoms with Crippen LogP contribution in [0.25, 0.3) is 10.9 Å². The molecular formula is C31H32N2O4S. The molecule has 1 N–H and O–H groups in total. The first-order chi connectivity index (χ1) is 18.4. The Labute approximate surface area is 224 Å². The van der Waals surface area contributed by atoms with Crippen LogP contribution in [0.3, 0.4) is 0 Å². The summed E-state index contributed by atoms with van der Waals surface area (Å²) in [7, 11) is -3.77. The highest BCUT2D eigenvalue weighted by atomic mass is 32.2. The summed E-state index contributed by atoms with van der Waals surface area (Å²) in [6.45, 7) is 0.358. The Hall–Kier alpha value is -3.71. The van der Waals surface area contributed by atoms with Crippen molar-refractivity contribution in [3.05, 3.63) is 108 Å². The van der Waals surface area contributed by atoms with Crippen molar-refractivity contribution >= 4 is 26.8 Å². The van der Waals surface area contributed by atoms with Gasteiger partial charge in [-0.3, -0.25) is 9.52 Å². The van der Waals surface area contributed by atoms with Crippen molar-refractivity contribution in [2.75, 3.05) is 0 Å². The van der Waals surface area contributed by atoms with Gasteiger partial charge in [-0.05, 0) is 48.2 Å². The molecule has 3 aromatic carbocycles. The summed E-state index contributed by atoms with van der Waals surface area (Å²) in [5.41, 5.74) is 3.10. The number of sulfonamides is 1. The maximum Gasteiger partial charge on any atom is 0.239 e. The molecule has 1 heterocycles. The van der Waals surface area contributed by atoms with Gasteiger partial charge in [0.25, 0.3) is 0 Å². The van der Waals surface area contributed by atoms with Crippen molar-refractivity contribution in [2.45, 2.75) is 56.3 Å². The smallest absolute Gasteiger partial charge is 0.239 e. The molecule has 0 atom stereocenters. The second-order valence-electron chi connectivity index (χ2n) is 10.1. The van der Waals surface area contributed by atoms with E-state index in [0.29, 0.717) is 12.2 Å². The van der Waals surface area contributed by atoms with Crippen LogP contribution in [0.4, 0.5) is 0 Å². The number of rotatable bonds is 9. The van der Waals surface area contributed by atoms with Gasteiger partial charge >= 0.3 is 0 Å². The molecule has 1 aliphatic rings. The second-order valence-corrected chi connectivity index (χ2v) is 11.8. The van der Waals surface area contributed by atoms with Gasteiger partial charge in [-0.2, -0.15) is 0 Å². The van der Waals surface area contributed by atoms with Crippen LogP contribution in [0.5, 0.6) is 5.75 Å². The molecule has 4 aromatic rings. The molecule has 1 aromatic heterocycles. The van der Waals surface area contributed by atoms with Crippen LogP contribution in [-0.4, -0.2) is 19.3 Å². The molecule has 0 unspecified atom stereocenters. The molecule has 7 heteroatoms. The predicted octanol–water partition coefficient (Wildman–Crippen LogP) is 6.05. The quantitative estimate of drug-likeness (QED) is 0.286. The highest BCUT2D eigenvalue weighted by molar-refractivity contribution is 7.89. The summed E-state index contributed by atoms with van der Waals surface area (Å²) in [5, 5.41) is 1.09. The number of hydrogen-bond acceptors (Lipinski definition) is 5. The van der Waals surface area contributed by atoms with E-state index >= 15 is 0 Å². The van der Waals surface area contributed by atoms with Gasteiger partial charge in [-0.15, -0.1) is 0 Å². The molecular weight excluding hydrogens is 496 g/mol. The van der Waals surface area contributed by atoms with Gasteiger partial charge < -0.3 is 4.74 Å². The summed E-state index contributed by atoms with van der Waals surface area (Å²) in [6, 6.07) is 28.8. The lowest BCUT2D eigenvalue weighted by atomic mass is 9.67. The number of nitrogens with one attached hydrogen (secondary N) is 1. The number of benzene rings is 3. The molecule has 0 saturated heterocycles. The number of aromatic nitrogens is 1. The molecule has 1 fully saturated rings. The minimum Gasteiger partial charge on any atom is -0.487 e. The zero-order chi connectivity index (χ0) is 26.4. The van der Waals surface area contributed by atoms with Crippen LogP contribution in [0.1, 0.15) is 55.3 Å². The topological polar surface area (TPSA) is 85.4 Å². The lowest BCUT2D eigenvalue weighted by Gasteiger charge is -2.37. The van der Waals surface area contributed by atoms with E-state index in [0.717, 1.165) is 60.0 Å². The van der Waals surface area contributed by atoms with E-state index in [1.165, 1.54) is 0 Å². The zero-order valence-electron chi connectivity index (χ0n) is 21.3. The summed E-state index contributed by atoms with van der Waals surface area (Å²) < 4.78 is 33.6. The van der Waals surface area contributed by atoms with Gasteiger partial charge in [-0.25, -0.2) is 13.4 Å². The largest absolute Gasteiger partial charge is 0.487 e. The third-order valence-corrected chi connectivity index (χ3v) is 8.54. The molecule has 6 nitrogen and oxygen atoms in total.